The van der Waals surface area contributed by atoms with Crippen molar-refractivity contribution in [1.29, 1.82) is 0 Å². The second-order valence-corrected chi connectivity index (χ2v) is 7.30. The van der Waals surface area contributed by atoms with Crippen molar-refractivity contribution >= 4 is 15.7 Å². The molecule has 8 heteroatoms. The van der Waals surface area contributed by atoms with Crippen molar-refractivity contribution < 1.29 is 18.4 Å². The van der Waals surface area contributed by atoms with E-state index in [4.69, 9.17) is 5.21 Å². The Hall–Kier alpha value is -2.32. The number of benzene rings is 1. The van der Waals surface area contributed by atoms with Crippen molar-refractivity contribution in [2.75, 3.05) is 5.75 Å². The molecule has 1 atom stereocenters. The summed E-state index contributed by atoms with van der Waals surface area (Å²) in [6.45, 7) is 3.59. The van der Waals surface area contributed by atoms with Gasteiger partial charge >= 0.3 is 0 Å². The number of sulfone groups is 1. The predicted molar refractivity (Wildman–Crippen MR) is 82.9 cm³/mol. The lowest BCUT2D eigenvalue weighted by Crippen LogP contribution is -2.20. The molecular formula is C15H17N3O4S. The Morgan fingerprint density at radius 3 is 2.30 bits per heavy atom. The monoisotopic (exact) mass is 335 g/mol. The van der Waals surface area contributed by atoms with E-state index in [1.165, 1.54) is 17.9 Å². The standard InChI is InChI=1S/C15H17N3O4S/c1-10-3-5-13(6-4-10)23(21,22)9-11(2)14-16-7-12(8-17-14)15(19)18-20/h3-8,11,20H,9H2,1-2H3,(H,18,19)/t11-/m0/s1. The summed E-state index contributed by atoms with van der Waals surface area (Å²) >= 11 is 0. The Kier molecular flexibility index (Phi) is 5.07. The van der Waals surface area contributed by atoms with E-state index in [0.29, 0.717) is 5.82 Å². The molecule has 1 aromatic carbocycles. The van der Waals surface area contributed by atoms with Gasteiger partial charge in [0.1, 0.15) is 5.82 Å². The van der Waals surface area contributed by atoms with Crippen molar-refractivity contribution in [3.05, 3.63) is 53.6 Å². The Labute approximate surface area is 134 Å². The third kappa shape index (κ3) is 4.11. The average Bonchev–Trinajstić information content (AvgIpc) is 2.54. The molecule has 1 heterocycles. The third-order valence-electron chi connectivity index (χ3n) is 3.33. The highest BCUT2D eigenvalue weighted by Crippen LogP contribution is 2.19. The normalized spacial score (nSPS) is 12.7. The van der Waals surface area contributed by atoms with Gasteiger partial charge < -0.3 is 0 Å². The topological polar surface area (TPSA) is 109 Å². The van der Waals surface area contributed by atoms with Gasteiger partial charge in [-0.15, -0.1) is 0 Å². The summed E-state index contributed by atoms with van der Waals surface area (Å²) in [6, 6.07) is 6.65. The lowest BCUT2D eigenvalue weighted by Gasteiger charge is -2.11. The molecule has 0 bridgehead atoms. The summed E-state index contributed by atoms with van der Waals surface area (Å²) in [5.74, 6) is -0.985. The van der Waals surface area contributed by atoms with Crippen molar-refractivity contribution in [2.45, 2.75) is 24.7 Å². The van der Waals surface area contributed by atoms with Crippen molar-refractivity contribution in [2.24, 2.45) is 0 Å². The molecule has 0 saturated carbocycles. The molecular weight excluding hydrogens is 318 g/mol. The molecule has 0 unspecified atom stereocenters. The zero-order valence-electron chi connectivity index (χ0n) is 12.7. The van der Waals surface area contributed by atoms with Gasteiger partial charge in [-0.25, -0.2) is 23.9 Å². The zero-order valence-corrected chi connectivity index (χ0v) is 13.5. The molecule has 0 fully saturated rings. The Morgan fingerprint density at radius 1 is 1.22 bits per heavy atom. The van der Waals surface area contributed by atoms with Gasteiger partial charge in [0, 0.05) is 18.3 Å². The first-order chi connectivity index (χ1) is 10.8. The molecule has 0 aliphatic carbocycles. The number of nitrogens with one attached hydrogen (secondary N) is 1. The number of hydrogen-bond acceptors (Lipinski definition) is 6. The molecule has 0 aliphatic heterocycles. The van der Waals surface area contributed by atoms with Crippen LogP contribution in [0.25, 0.3) is 0 Å². The Balaban J connectivity index is 2.16. The predicted octanol–water partition coefficient (Wildman–Crippen LogP) is 1.48. The van der Waals surface area contributed by atoms with E-state index in [9.17, 15) is 13.2 Å². The van der Waals surface area contributed by atoms with Gasteiger partial charge in [-0.05, 0) is 19.1 Å². The van der Waals surface area contributed by atoms with Crippen LogP contribution in [0.5, 0.6) is 0 Å². The summed E-state index contributed by atoms with van der Waals surface area (Å²) in [7, 11) is -3.45. The summed E-state index contributed by atoms with van der Waals surface area (Å²) in [6.07, 6.45) is 2.48. The number of carbonyl (C=O) groups excluding carboxylic acids is 1. The van der Waals surface area contributed by atoms with Gasteiger partial charge in [-0.1, -0.05) is 24.6 Å². The van der Waals surface area contributed by atoms with E-state index in [2.05, 4.69) is 9.97 Å². The Bertz CT molecular complexity index is 786. The second-order valence-electron chi connectivity index (χ2n) is 5.27. The number of aromatic nitrogens is 2. The smallest absolute Gasteiger partial charge is 0.277 e. The molecule has 1 aromatic heterocycles. The third-order valence-corrected chi connectivity index (χ3v) is 5.26. The van der Waals surface area contributed by atoms with Crippen LogP contribution in [0.4, 0.5) is 0 Å². The first-order valence-electron chi connectivity index (χ1n) is 6.89. The first-order valence-corrected chi connectivity index (χ1v) is 8.54. The molecule has 2 N–H and O–H groups in total. The molecule has 1 amide bonds. The maximum atomic E-state index is 12.4. The van der Waals surface area contributed by atoms with Crippen LogP contribution >= 0.6 is 0 Å². The highest BCUT2D eigenvalue weighted by molar-refractivity contribution is 7.91. The van der Waals surface area contributed by atoms with Gasteiger partial charge in [0.2, 0.25) is 0 Å². The molecule has 122 valence electrons. The Morgan fingerprint density at radius 2 is 1.78 bits per heavy atom. The van der Waals surface area contributed by atoms with Crippen LogP contribution in [0, 0.1) is 6.92 Å². The molecule has 7 nitrogen and oxygen atoms in total. The van der Waals surface area contributed by atoms with Gasteiger partial charge in [0.15, 0.2) is 9.84 Å². The lowest BCUT2D eigenvalue weighted by atomic mass is 10.2. The number of nitrogens with zero attached hydrogens (tertiary/aromatic N) is 2. The number of hydroxylamine groups is 1. The molecule has 2 aromatic rings. The lowest BCUT2D eigenvalue weighted by molar-refractivity contribution is 0.0705. The summed E-state index contributed by atoms with van der Waals surface area (Å²) in [4.78, 5) is 19.4. The van der Waals surface area contributed by atoms with Crippen LogP contribution < -0.4 is 5.48 Å². The minimum atomic E-state index is -3.45. The van der Waals surface area contributed by atoms with E-state index in [1.807, 2.05) is 6.92 Å². The number of rotatable bonds is 5. The minimum absolute atomic E-state index is 0.0878. The van der Waals surface area contributed by atoms with E-state index < -0.39 is 21.7 Å². The van der Waals surface area contributed by atoms with Crippen LogP contribution in [0.15, 0.2) is 41.6 Å². The zero-order chi connectivity index (χ0) is 17.0. The van der Waals surface area contributed by atoms with Crippen LogP contribution in [-0.4, -0.2) is 35.3 Å². The van der Waals surface area contributed by atoms with E-state index >= 15 is 0 Å². The summed E-state index contributed by atoms with van der Waals surface area (Å²) < 4.78 is 24.8. The first kappa shape index (κ1) is 17.0. The number of aryl methyl sites for hydroxylation is 1. The van der Waals surface area contributed by atoms with E-state index in [-0.39, 0.29) is 16.2 Å². The number of carbonyl (C=O) groups is 1. The quantitative estimate of drug-likeness (QED) is 0.633. The molecule has 0 radical (unpaired) electrons. The van der Waals surface area contributed by atoms with Crippen LogP contribution in [0.2, 0.25) is 0 Å². The van der Waals surface area contributed by atoms with Crippen molar-refractivity contribution in [3.63, 3.8) is 0 Å². The largest absolute Gasteiger partial charge is 0.288 e. The van der Waals surface area contributed by atoms with Gasteiger partial charge in [-0.2, -0.15) is 0 Å². The van der Waals surface area contributed by atoms with Crippen molar-refractivity contribution in [3.8, 4) is 0 Å². The number of amides is 1. The fourth-order valence-electron chi connectivity index (χ4n) is 2.02. The molecule has 0 spiro atoms. The van der Waals surface area contributed by atoms with Crippen molar-refractivity contribution in [1.82, 2.24) is 15.4 Å². The SMILES string of the molecule is Cc1ccc(S(=O)(=O)C[C@H](C)c2ncc(C(=O)NO)cn2)cc1. The fraction of sp³-hybridized carbons (Fsp3) is 0.267. The van der Waals surface area contributed by atoms with E-state index in [1.54, 1.807) is 31.2 Å². The molecule has 0 aliphatic rings. The highest BCUT2D eigenvalue weighted by Gasteiger charge is 2.21. The van der Waals surface area contributed by atoms with Crippen LogP contribution in [0.1, 0.15) is 34.6 Å². The van der Waals surface area contributed by atoms with Gasteiger partial charge in [-0.3, -0.25) is 10.0 Å². The van der Waals surface area contributed by atoms with Crippen LogP contribution in [-0.2, 0) is 9.84 Å². The maximum absolute atomic E-state index is 12.4. The summed E-state index contributed by atoms with van der Waals surface area (Å²) in [5.41, 5.74) is 2.55. The maximum Gasteiger partial charge on any atom is 0.277 e. The molecule has 23 heavy (non-hydrogen) atoms. The minimum Gasteiger partial charge on any atom is -0.288 e. The van der Waals surface area contributed by atoms with Crippen LogP contribution in [0.3, 0.4) is 0 Å². The average molecular weight is 335 g/mol. The van der Waals surface area contributed by atoms with Gasteiger partial charge in [0.25, 0.3) is 5.91 Å². The second kappa shape index (κ2) is 6.84. The molecule has 0 saturated heterocycles. The molecule has 2 rings (SSSR count). The fourth-order valence-corrected chi connectivity index (χ4v) is 3.57. The number of hydrogen-bond donors (Lipinski definition) is 2. The van der Waals surface area contributed by atoms with Gasteiger partial charge in [0.05, 0.1) is 16.2 Å². The van der Waals surface area contributed by atoms with E-state index in [0.717, 1.165) is 5.56 Å². The highest BCUT2D eigenvalue weighted by atomic mass is 32.2. The summed E-state index contributed by atoms with van der Waals surface area (Å²) in [5, 5.41) is 8.53.